The third-order valence-electron chi connectivity index (χ3n) is 5.58. The molecule has 5 rings (SSSR count). The molecule has 0 radical (unpaired) electrons. The van der Waals surface area contributed by atoms with Crippen molar-refractivity contribution >= 4 is 49.3 Å². The monoisotopic (exact) mass is 474 g/mol. The highest BCUT2D eigenvalue weighted by Gasteiger charge is 2.17. The Morgan fingerprint density at radius 1 is 1.00 bits per heavy atom. The zero-order valence-corrected chi connectivity index (χ0v) is 20.1. The molecule has 1 aliphatic heterocycles. The van der Waals surface area contributed by atoms with Crippen molar-refractivity contribution in [2.24, 2.45) is 4.99 Å². The largest absolute Gasteiger partial charge is 0.494 e. The highest BCUT2D eigenvalue weighted by molar-refractivity contribution is 8.14. The summed E-state index contributed by atoms with van der Waals surface area (Å²) in [5, 5.41) is 8.86. The predicted octanol–water partition coefficient (Wildman–Crippen LogP) is 6.61. The number of thioether (sulfide) groups is 1. The van der Waals surface area contributed by atoms with Crippen LogP contribution in [0.5, 0.6) is 5.75 Å². The van der Waals surface area contributed by atoms with Gasteiger partial charge in [-0.2, -0.15) is 0 Å². The average Bonchev–Trinajstić information content (AvgIpc) is 3.29. The van der Waals surface area contributed by atoms with E-state index in [0.717, 1.165) is 57.1 Å². The fraction of sp³-hybridized carbons (Fsp3) is 0.231. The van der Waals surface area contributed by atoms with Gasteiger partial charge in [-0.15, -0.1) is 0 Å². The number of nitrogens with one attached hydrogen (secondary N) is 2. The standard InChI is InChI=1S/C26H26N4OS2/c1-31-22-8-5-9-23-24(22)30-25(33-23)27-16-14-18-10-12-20(13-11-18)28-26-29-21(15-17-32-26)19-6-3-2-4-7-19/h2-13,21H,14-17H2,1H3,(H,27,30)(H,28,29). The number of hydrogen-bond donors (Lipinski definition) is 2. The maximum Gasteiger partial charge on any atom is 0.183 e. The van der Waals surface area contributed by atoms with Crippen LogP contribution in [0.25, 0.3) is 10.2 Å². The number of nitrogens with zero attached hydrogens (tertiary/aromatic N) is 2. The molecule has 0 amide bonds. The van der Waals surface area contributed by atoms with Gasteiger partial charge in [0, 0.05) is 18.0 Å². The topological polar surface area (TPSA) is 58.5 Å². The molecule has 0 spiro atoms. The summed E-state index contributed by atoms with van der Waals surface area (Å²) < 4.78 is 6.54. The summed E-state index contributed by atoms with van der Waals surface area (Å²) in [4.78, 5) is 9.61. The second-order valence-electron chi connectivity index (χ2n) is 7.82. The Hall–Kier alpha value is -3.03. The molecular weight excluding hydrogens is 448 g/mol. The van der Waals surface area contributed by atoms with Crippen LogP contribution in [-0.2, 0) is 6.42 Å². The van der Waals surface area contributed by atoms with Crippen LogP contribution in [-0.4, -0.2) is 29.6 Å². The van der Waals surface area contributed by atoms with E-state index in [1.807, 2.05) is 12.1 Å². The minimum Gasteiger partial charge on any atom is -0.494 e. The maximum absolute atomic E-state index is 5.41. The molecule has 7 heteroatoms. The quantitative estimate of drug-likeness (QED) is 0.316. The van der Waals surface area contributed by atoms with Crippen molar-refractivity contribution in [2.45, 2.75) is 18.9 Å². The van der Waals surface area contributed by atoms with Gasteiger partial charge in [-0.25, -0.2) is 4.98 Å². The van der Waals surface area contributed by atoms with E-state index in [4.69, 9.17) is 9.73 Å². The Kier molecular flexibility index (Phi) is 6.79. The van der Waals surface area contributed by atoms with E-state index in [1.165, 1.54) is 11.1 Å². The third-order valence-corrected chi connectivity index (χ3v) is 7.48. The number of ether oxygens (including phenoxy) is 1. The van der Waals surface area contributed by atoms with Gasteiger partial charge in [-0.3, -0.25) is 4.99 Å². The van der Waals surface area contributed by atoms with E-state index in [1.54, 1.807) is 30.2 Å². The fourth-order valence-corrected chi connectivity index (χ4v) is 5.69. The van der Waals surface area contributed by atoms with Crippen molar-refractivity contribution in [3.63, 3.8) is 0 Å². The number of rotatable bonds is 7. The molecule has 5 nitrogen and oxygen atoms in total. The minimum atomic E-state index is 0.239. The number of benzene rings is 3. The molecule has 0 saturated heterocycles. The summed E-state index contributed by atoms with van der Waals surface area (Å²) in [6.45, 7) is 0.830. The molecular formula is C26H26N4OS2. The first-order valence-electron chi connectivity index (χ1n) is 11.1. The molecule has 33 heavy (non-hydrogen) atoms. The lowest BCUT2D eigenvalue weighted by Gasteiger charge is -2.21. The van der Waals surface area contributed by atoms with Gasteiger partial charge in [0.1, 0.15) is 11.3 Å². The molecule has 0 aliphatic carbocycles. The Morgan fingerprint density at radius 3 is 2.67 bits per heavy atom. The lowest BCUT2D eigenvalue weighted by atomic mass is 10.1. The van der Waals surface area contributed by atoms with Crippen LogP contribution in [0.3, 0.4) is 0 Å². The molecule has 0 bridgehead atoms. The van der Waals surface area contributed by atoms with E-state index in [2.05, 4.69) is 76.3 Å². The second kappa shape index (κ2) is 10.3. The SMILES string of the molecule is COc1cccc2sc(NCCc3ccc(NC4=NC(c5ccccc5)CCS4)cc3)nc12. The highest BCUT2D eigenvalue weighted by Crippen LogP contribution is 2.32. The van der Waals surface area contributed by atoms with Crippen molar-refractivity contribution in [1.82, 2.24) is 4.98 Å². The maximum atomic E-state index is 5.41. The van der Waals surface area contributed by atoms with Crippen molar-refractivity contribution in [3.05, 3.63) is 83.9 Å². The van der Waals surface area contributed by atoms with Crippen molar-refractivity contribution in [2.75, 3.05) is 30.0 Å². The zero-order chi connectivity index (χ0) is 22.5. The average molecular weight is 475 g/mol. The first-order valence-corrected chi connectivity index (χ1v) is 12.9. The van der Waals surface area contributed by atoms with Gasteiger partial charge in [-0.1, -0.05) is 71.6 Å². The van der Waals surface area contributed by atoms with Gasteiger partial charge in [0.25, 0.3) is 0 Å². The molecule has 3 aromatic carbocycles. The Balaban J connectivity index is 1.16. The van der Waals surface area contributed by atoms with Crippen LogP contribution in [0.1, 0.15) is 23.6 Å². The van der Waals surface area contributed by atoms with Crippen LogP contribution >= 0.6 is 23.1 Å². The van der Waals surface area contributed by atoms with Crippen LogP contribution in [0, 0.1) is 0 Å². The number of amidine groups is 1. The van der Waals surface area contributed by atoms with Gasteiger partial charge < -0.3 is 15.4 Å². The van der Waals surface area contributed by atoms with Gasteiger partial charge in [0.15, 0.2) is 10.3 Å². The summed E-state index contributed by atoms with van der Waals surface area (Å²) in [5.74, 6) is 1.89. The number of methoxy groups -OCH3 is 1. The van der Waals surface area contributed by atoms with Crippen molar-refractivity contribution < 1.29 is 4.74 Å². The van der Waals surface area contributed by atoms with E-state index >= 15 is 0 Å². The number of aliphatic imine (C=N–C) groups is 1. The molecule has 168 valence electrons. The van der Waals surface area contributed by atoms with Gasteiger partial charge in [0.05, 0.1) is 17.9 Å². The molecule has 1 unspecified atom stereocenters. The van der Waals surface area contributed by atoms with Crippen LogP contribution in [0.15, 0.2) is 77.8 Å². The summed E-state index contributed by atoms with van der Waals surface area (Å²) in [5.41, 5.74) is 4.56. The van der Waals surface area contributed by atoms with E-state index in [-0.39, 0.29) is 6.04 Å². The Bertz CT molecular complexity index is 1240. The molecule has 2 heterocycles. The number of hydrogen-bond acceptors (Lipinski definition) is 7. The summed E-state index contributed by atoms with van der Waals surface area (Å²) in [7, 11) is 1.68. The smallest absolute Gasteiger partial charge is 0.183 e. The third kappa shape index (κ3) is 5.31. The first-order chi connectivity index (χ1) is 16.3. The molecule has 1 aromatic heterocycles. The highest BCUT2D eigenvalue weighted by atomic mass is 32.2. The number of thiazole rings is 1. The Labute approximate surface area is 202 Å². The van der Waals surface area contributed by atoms with Crippen LogP contribution < -0.4 is 15.4 Å². The minimum absolute atomic E-state index is 0.239. The van der Waals surface area contributed by atoms with Gasteiger partial charge in [0.2, 0.25) is 0 Å². The van der Waals surface area contributed by atoms with Gasteiger partial charge in [-0.05, 0) is 48.2 Å². The normalized spacial score (nSPS) is 15.8. The van der Waals surface area contributed by atoms with Crippen molar-refractivity contribution in [1.29, 1.82) is 0 Å². The fourth-order valence-electron chi connectivity index (χ4n) is 3.85. The molecule has 1 aliphatic rings. The van der Waals surface area contributed by atoms with E-state index in [9.17, 15) is 0 Å². The molecule has 0 saturated carbocycles. The summed E-state index contributed by atoms with van der Waals surface area (Å²) in [6.07, 6.45) is 2.01. The van der Waals surface area contributed by atoms with Crippen LogP contribution in [0.4, 0.5) is 10.8 Å². The molecule has 1 atom stereocenters. The second-order valence-corrected chi connectivity index (χ2v) is 9.94. The predicted molar refractivity (Wildman–Crippen MR) is 142 cm³/mol. The molecule has 0 fully saturated rings. The number of fused-ring (bicyclic) bond motifs is 1. The van der Waals surface area contributed by atoms with E-state index < -0.39 is 0 Å². The lowest BCUT2D eigenvalue weighted by molar-refractivity contribution is 0.419. The lowest BCUT2D eigenvalue weighted by Crippen LogP contribution is -2.16. The van der Waals surface area contributed by atoms with Crippen molar-refractivity contribution in [3.8, 4) is 5.75 Å². The van der Waals surface area contributed by atoms with Gasteiger partial charge >= 0.3 is 0 Å². The number of anilines is 2. The van der Waals surface area contributed by atoms with E-state index in [0.29, 0.717) is 0 Å². The number of para-hydroxylation sites is 1. The zero-order valence-electron chi connectivity index (χ0n) is 18.5. The molecule has 2 N–H and O–H groups in total. The number of aromatic nitrogens is 1. The Morgan fingerprint density at radius 2 is 1.85 bits per heavy atom. The summed E-state index contributed by atoms with van der Waals surface area (Å²) >= 11 is 3.45. The molecule has 4 aromatic rings. The first kappa shape index (κ1) is 21.8. The van der Waals surface area contributed by atoms with Crippen LogP contribution in [0.2, 0.25) is 0 Å². The summed E-state index contributed by atoms with van der Waals surface area (Å²) in [6, 6.07) is 25.4.